The molecule has 0 aromatic heterocycles. The Morgan fingerprint density at radius 2 is 1.87 bits per heavy atom. The van der Waals surface area contributed by atoms with Crippen LogP contribution in [0.1, 0.15) is 24.8 Å². The molecule has 0 atom stereocenters. The third kappa shape index (κ3) is 5.11. The smallest absolute Gasteiger partial charge is 0.349 e. The van der Waals surface area contributed by atoms with E-state index in [2.05, 4.69) is 0 Å². The molecular weight excluding hydrogens is 316 g/mol. The maximum Gasteiger partial charge on any atom is 0.349 e. The van der Waals surface area contributed by atoms with Crippen molar-refractivity contribution in [2.45, 2.75) is 19.3 Å². The number of carbonyl (C=O) groups is 2. The number of halogens is 1. The highest BCUT2D eigenvalue weighted by atomic mass is 35.5. The molecule has 0 unspecified atom stereocenters. The second-order valence-electron chi connectivity index (χ2n) is 5.24. The number of amides is 1. The quantitative estimate of drug-likeness (QED) is 0.483. The minimum absolute atomic E-state index is 0.154. The van der Waals surface area contributed by atoms with Gasteiger partial charge in [0.15, 0.2) is 6.61 Å². The van der Waals surface area contributed by atoms with Gasteiger partial charge in [0.1, 0.15) is 11.6 Å². The first-order chi connectivity index (χ1) is 11.1. The summed E-state index contributed by atoms with van der Waals surface area (Å²) < 4.78 is 4.96. The molecular formula is C17H17ClN2O3. The molecule has 0 N–H and O–H groups in total. The normalized spacial score (nSPS) is 15.0. The maximum absolute atomic E-state index is 11.9. The van der Waals surface area contributed by atoms with Crippen LogP contribution in [0, 0.1) is 11.3 Å². The number of ether oxygens (including phenoxy) is 1. The zero-order valence-electron chi connectivity index (χ0n) is 12.6. The molecule has 0 saturated carbocycles. The summed E-state index contributed by atoms with van der Waals surface area (Å²) in [7, 11) is 0. The largest absolute Gasteiger partial charge is 0.451 e. The minimum atomic E-state index is -0.798. The minimum Gasteiger partial charge on any atom is -0.451 e. The number of esters is 1. The van der Waals surface area contributed by atoms with Gasteiger partial charge >= 0.3 is 5.97 Å². The van der Waals surface area contributed by atoms with Crippen molar-refractivity contribution in [3.63, 3.8) is 0 Å². The predicted octanol–water partition coefficient (Wildman–Crippen LogP) is 2.80. The number of hydrogen-bond donors (Lipinski definition) is 0. The lowest BCUT2D eigenvalue weighted by molar-refractivity contribution is -0.149. The molecule has 120 valence electrons. The highest BCUT2D eigenvalue weighted by Gasteiger charge is 2.19. The van der Waals surface area contributed by atoms with Crippen LogP contribution in [0.2, 0.25) is 5.02 Å². The van der Waals surface area contributed by atoms with Crippen LogP contribution in [-0.2, 0) is 14.3 Å². The van der Waals surface area contributed by atoms with E-state index in [0.717, 1.165) is 19.3 Å². The van der Waals surface area contributed by atoms with Crippen molar-refractivity contribution < 1.29 is 14.3 Å². The molecule has 0 bridgehead atoms. The Morgan fingerprint density at radius 3 is 2.48 bits per heavy atom. The summed E-state index contributed by atoms with van der Waals surface area (Å²) in [6, 6.07) is 8.49. The van der Waals surface area contributed by atoms with Gasteiger partial charge in [-0.15, -0.1) is 0 Å². The van der Waals surface area contributed by atoms with Gasteiger partial charge in [0.2, 0.25) is 0 Å². The van der Waals surface area contributed by atoms with E-state index in [4.69, 9.17) is 21.6 Å². The van der Waals surface area contributed by atoms with E-state index in [1.54, 1.807) is 35.2 Å². The van der Waals surface area contributed by atoms with Crippen LogP contribution in [0.15, 0.2) is 29.8 Å². The molecule has 0 spiro atoms. The number of likely N-dealkylation sites (tertiary alicyclic amines) is 1. The molecule has 1 fully saturated rings. The molecule has 1 heterocycles. The van der Waals surface area contributed by atoms with Crippen LogP contribution in [0.25, 0.3) is 6.08 Å². The fourth-order valence-corrected chi connectivity index (χ4v) is 2.43. The standard InChI is InChI=1S/C17H17ClN2O3/c18-15-6-4-13(5-7-15)10-14(11-19)17(22)23-12-16(21)20-8-2-1-3-9-20/h4-7,10H,1-3,8-9,12H2/b14-10-. The Kier molecular flexibility index (Phi) is 6.19. The van der Waals surface area contributed by atoms with Crippen molar-refractivity contribution in [2.75, 3.05) is 19.7 Å². The summed E-state index contributed by atoms with van der Waals surface area (Å²) in [6.07, 6.45) is 4.47. The molecule has 5 nitrogen and oxygen atoms in total. The topological polar surface area (TPSA) is 70.4 Å². The fourth-order valence-electron chi connectivity index (χ4n) is 2.30. The highest BCUT2D eigenvalue weighted by molar-refractivity contribution is 6.30. The first-order valence-corrected chi connectivity index (χ1v) is 7.80. The van der Waals surface area contributed by atoms with Gasteiger partial charge in [0, 0.05) is 18.1 Å². The van der Waals surface area contributed by atoms with Crippen LogP contribution in [0.4, 0.5) is 0 Å². The predicted molar refractivity (Wildman–Crippen MR) is 86.4 cm³/mol. The summed E-state index contributed by atoms with van der Waals surface area (Å²) in [5, 5.41) is 9.65. The summed E-state index contributed by atoms with van der Waals surface area (Å²) in [6.45, 7) is 1.06. The molecule has 6 heteroatoms. The fraction of sp³-hybridized carbons (Fsp3) is 0.353. The summed E-state index contributed by atoms with van der Waals surface area (Å²) >= 11 is 5.78. The number of rotatable bonds is 4. The van der Waals surface area contributed by atoms with Gasteiger partial charge in [-0.05, 0) is 43.0 Å². The van der Waals surface area contributed by atoms with Gasteiger partial charge in [-0.1, -0.05) is 23.7 Å². The number of nitriles is 1. The van der Waals surface area contributed by atoms with Crippen LogP contribution < -0.4 is 0 Å². The third-order valence-corrected chi connectivity index (χ3v) is 3.81. The molecule has 1 aliphatic rings. The SMILES string of the molecule is N#C/C(=C/c1ccc(Cl)cc1)C(=O)OCC(=O)N1CCCCC1. The third-order valence-electron chi connectivity index (χ3n) is 3.56. The van der Waals surface area contributed by atoms with Gasteiger partial charge in [0.05, 0.1) is 0 Å². The van der Waals surface area contributed by atoms with Crippen molar-refractivity contribution in [3.8, 4) is 6.07 Å². The van der Waals surface area contributed by atoms with E-state index in [1.807, 2.05) is 0 Å². The van der Waals surface area contributed by atoms with Crippen molar-refractivity contribution in [3.05, 3.63) is 40.4 Å². The van der Waals surface area contributed by atoms with Crippen molar-refractivity contribution in [1.82, 2.24) is 4.90 Å². The van der Waals surface area contributed by atoms with E-state index >= 15 is 0 Å². The lowest BCUT2D eigenvalue weighted by Gasteiger charge is -2.26. The van der Waals surface area contributed by atoms with Crippen LogP contribution in [0.3, 0.4) is 0 Å². The van der Waals surface area contributed by atoms with E-state index in [1.165, 1.54) is 6.08 Å². The van der Waals surface area contributed by atoms with E-state index in [-0.39, 0.29) is 18.1 Å². The molecule has 1 saturated heterocycles. The Hall–Kier alpha value is -2.32. The van der Waals surface area contributed by atoms with Crippen LogP contribution in [-0.4, -0.2) is 36.5 Å². The Balaban J connectivity index is 1.93. The number of nitrogens with zero attached hydrogens (tertiary/aromatic N) is 2. The second kappa shape index (κ2) is 8.35. The number of piperidine rings is 1. The van der Waals surface area contributed by atoms with Crippen LogP contribution in [0.5, 0.6) is 0 Å². The average Bonchev–Trinajstić information content (AvgIpc) is 2.59. The number of hydrogen-bond acceptors (Lipinski definition) is 4. The Bertz CT molecular complexity index is 641. The zero-order valence-corrected chi connectivity index (χ0v) is 13.4. The van der Waals surface area contributed by atoms with E-state index in [0.29, 0.717) is 23.7 Å². The Labute approximate surface area is 140 Å². The van der Waals surface area contributed by atoms with Gasteiger partial charge in [-0.25, -0.2) is 4.79 Å². The van der Waals surface area contributed by atoms with E-state index < -0.39 is 5.97 Å². The van der Waals surface area contributed by atoms with Gasteiger partial charge in [-0.3, -0.25) is 4.79 Å². The van der Waals surface area contributed by atoms with Gasteiger partial charge in [0.25, 0.3) is 5.91 Å². The Morgan fingerprint density at radius 1 is 1.22 bits per heavy atom. The summed E-state index contributed by atoms with van der Waals surface area (Å²) in [5.41, 5.74) is 0.504. The summed E-state index contributed by atoms with van der Waals surface area (Å²) in [5.74, 6) is -1.02. The zero-order chi connectivity index (χ0) is 16.7. The molecule has 1 amide bonds. The lowest BCUT2D eigenvalue weighted by atomic mass is 10.1. The summed E-state index contributed by atoms with van der Waals surface area (Å²) in [4.78, 5) is 25.6. The molecule has 2 rings (SSSR count). The van der Waals surface area contributed by atoms with Crippen LogP contribution >= 0.6 is 11.6 Å². The molecule has 0 aliphatic carbocycles. The highest BCUT2D eigenvalue weighted by Crippen LogP contribution is 2.13. The molecule has 1 aromatic rings. The number of carbonyl (C=O) groups excluding carboxylic acids is 2. The number of benzene rings is 1. The van der Waals surface area contributed by atoms with Crippen molar-refractivity contribution >= 4 is 29.6 Å². The van der Waals surface area contributed by atoms with Gasteiger partial charge in [-0.2, -0.15) is 5.26 Å². The average molecular weight is 333 g/mol. The monoisotopic (exact) mass is 332 g/mol. The molecule has 0 radical (unpaired) electrons. The van der Waals surface area contributed by atoms with Crippen molar-refractivity contribution in [2.24, 2.45) is 0 Å². The lowest BCUT2D eigenvalue weighted by Crippen LogP contribution is -2.38. The maximum atomic E-state index is 11.9. The molecule has 23 heavy (non-hydrogen) atoms. The second-order valence-corrected chi connectivity index (χ2v) is 5.68. The van der Waals surface area contributed by atoms with E-state index in [9.17, 15) is 9.59 Å². The van der Waals surface area contributed by atoms with Crippen molar-refractivity contribution in [1.29, 1.82) is 5.26 Å². The first kappa shape index (κ1) is 17.0. The molecule has 1 aliphatic heterocycles. The first-order valence-electron chi connectivity index (χ1n) is 7.42. The molecule has 1 aromatic carbocycles. The van der Waals surface area contributed by atoms with Gasteiger partial charge < -0.3 is 9.64 Å².